The molecular formula is C32H30ClN3O4S2. The second kappa shape index (κ2) is 13.5. The van der Waals surface area contributed by atoms with Gasteiger partial charge in [0.1, 0.15) is 11.5 Å². The highest BCUT2D eigenvalue weighted by atomic mass is 35.5. The summed E-state index contributed by atoms with van der Waals surface area (Å²) in [4.78, 5) is 28.4. The van der Waals surface area contributed by atoms with Crippen molar-refractivity contribution in [2.75, 3.05) is 11.5 Å². The average Bonchev–Trinajstić information content (AvgIpc) is 3.57. The Balaban J connectivity index is 1.51. The summed E-state index contributed by atoms with van der Waals surface area (Å²) in [5.41, 5.74) is 3.15. The van der Waals surface area contributed by atoms with E-state index in [9.17, 15) is 14.7 Å². The molecule has 0 saturated carbocycles. The molecule has 42 heavy (non-hydrogen) atoms. The molecule has 5 rings (SSSR count). The normalized spacial score (nSPS) is 16.3. The van der Waals surface area contributed by atoms with Gasteiger partial charge in [-0.1, -0.05) is 109 Å². The number of ketones is 1. The molecule has 1 aromatic heterocycles. The Morgan fingerprint density at radius 1 is 1.05 bits per heavy atom. The van der Waals surface area contributed by atoms with Crippen molar-refractivity contribution >= 4 is 57.3 Å². The number of anilines is 1. The molecule has 0 radical (unpaired) electrons. The van der Waals surface area contributed by atoms with E-state index in [4.69, 9.17) is 16.3 Å². The number of benzene rings is 3. The van der Waals surface area contributed by atoms with Crippen molar-refractivity contribution in [1.29, 1.82) is 0 Å². The molecule has 1 N–H and O–H groups in total. The van der Waals surface area contributed by atoms with E-state index in [1.165, 1.54) is 28.0 Å². The minimum Gasteiger partial charge on any atom is -0.507 e. The number of aliphatic hydroxyl groups excluding tert-OH is 1. The van der Waals surface area contributed by atoms with Crippen molar-refractivity contribution in [2.45, 2.75) is 49.2 Å². The standard InChI is InChI=1S/C32H30ClN3O4S2/c1-3-4-5-17-40-25-8-6-7-23(18-25)27-26(28(37)22-13-9-20(2)10-14-22)29(38)30(39)36(27)31-34-35-32(42-31)41-19-21-11-15-24(33)16-12-21/h6-16,18,27,37H,3-5,17,19H2,1-2H3/b28-26+. The fourth-order valence-electron chi connectivity index (χ4n) is 4.61. The van der Waals surface area contributed by atoms with Crippen LogP contribution in [0.5, 0.6) is 5.75 Å². The molecule has 4 aromatic rings. The average molecular weight is 620 g/mol. The highest BCUT2D eigenvalue weighted by Gasteiger charge is 2.48. The number of ether oxygens (including phenoxy) is 1. The van der Waals surface area contributed by atoms with Crippen LogP contribution >= 0.6 is 34.7 Å². The summed E-state index contributed by atoms with van der Waals surface area (Å²) in [6, 6.07) is 21.1. The number of carbonyl (C=O) groups is 2. The van der Waals surface area contributed by atoms with Gasteiger partial charge in [0.15, 0.2) is 4.34 Å². The van der Waals surface area contributed by atoms with Crippen molar-refractivity contribution in [3.8, 4) is 5.75 Å². The van der Waals surface area contributed by atoms with Crippen LogP contribution in [0.2, 0.25) is 5.02 Å². The summed E-state index contributed by atoms with van der Waals surface area (Å²) in [5.74, 6) is -0.525. The fraction of sp³-hybridized carbons (Fsp3) is 0.250. The second-order valence-corrected chi connectivity index (χ2v) is 12.5. The van der Waals surface area contributed by atoms with Crippen molar-refractivity contribution in [3.05, 3.63) is 106 Å². The first-order chi connectivity index (χ1) is 20.4. The van der Waals surface area contributed by atoms with Crippen LogP contribution in [0.1, 0.15) is 54.5 Å². The Morgan fingerprint density at radius 3 is 2.55 bits per heavy atom. The smallest absolute Gasteiger partial charge is 0.301 e. The molecule has 1 atom stereocenters. The van der Waals surface area contributed by atoms with Gasteiger partial charge in [-0.05, 0) is 48.7 Å². The van der Waals surface area contributed by atoms with E-state index < -0.39 is 17.7 Å². The number of Topliss-reactive ketones (excluding diaryl/α,β-unsaturated/α-hetero) is 1. The minimum absolute atomic E-state index is 0.00227. The van der Waals surface area contributed by atoms with Crippen molar-refractivity contribution in [3.63, 3.8) is 0 Å². The first-order valence-electron chi connectivity index (χ1n) is 13.7. The summed E-state index contributed by atoms with van der Waals surface area (Å²) >= 11 is 8.70. The molecule has 7 nitrogen and oxygen atoms in total. The number of aryl methyl sites for hydroxylation is 1. The van der Waals surface area contributed by atoms with Crippen LogP contribution in [0.4, 0.5) is 5.13 Å². The SMILES string of the molecule is CCCCCOc1cccc(C2/C(=C(\O)c3ccc(C)cc3)C(=O)C(=O)N2c2nnc(SCc3ccc(Cl)cc3)s2)c1. The van der Waals surface area contributed by atoms with Gasteiger partial charge in [0.05, 0.1) is 18.2 Å². The van der Waals surface area contributed by atoms with E-state index in [1.807, 2.05) is 67.6 Å². The number of thioether (sulfide) groups is 1. The highest BCUT2D eigenvalue weighted by Crippen LogP contribution is 2.44. The molecule has 0 aliphatic carbocycles. The van der Waals surface area contributed by atoms with Gasteiger partial charge >= 0.3 is 5.91 Å². The Morgan fingerprint density at radius 2 is 1.81 bits per heavy atom. The molecule has 10 heteroatoms. The maximum atomic E-state index is 13.6. The number of rotatable bonds is 11. The van der Waals surface area contributed by atoms with Crippen LogP contribution in [0.15, 0.2) is 82.7 Å². The first-order valence-corrected chi connectivity index (χ1v) is 15.8. The fourth-order valence-corrected chi connectivity index (χ4v) is 6.56. The van der Waals surface area contributed by atoms with Gasteiger partial charge in [-0.3, -0.25) is 14.5 Å². The number of carbonyl (C=O) groups excluding carboxylic acids is 2. The quantitative estimate of drug-likeness (QED) is 0.0454. The van der Waals surface area contributed by atoms with Gasteiger partial charge in [0, 0.05) is 16.3 Å². The zero-order valence-corrected chi connectivity index (χ0v) is 25.6. The zero-order valence-electron chi connectivity index (χ0n) is 23.2. The molecule has 2 heterocycles. The Hall–Kier alpha value is -3.66. The van der Waals surface area contributed by atoms with Crippen LogP contribution in [-0.4, -0.2) is 33.6 Å². The first kappa shape index (κ1) is 29.8. The van der Waals surface area contributed by atoms with Crippen molar-refractivity contribution in [2.24, 2.45) is 0 Å². The van der Waals surface area contributed by atoms with E-state index in [0.29, 0.717) is 38.6 Å². The molecule has 1 fully saturated rings. The largest absolute Gasteiger partial charge is 0.507 e. The Labute approximate surface area is 258 Å². The Bertz CT molecular complexity index is 1600. The lowest BCUT2D eigenvalue weighted by Gasteiger charge is -2.23. The van der Waals surface area contributed by atoms with E-state index >= 15 is 0 Å². The van der Waals surface area contributed by atoms with E-state index in [2.05, 4.69) is 17.1 Å². The van der Waals surface area contributed by atoms with Gasteiger partial charge in [-0.25, -0.2) is 0 Å². The summed E-state index contributed by atoms with van der Waals surface area (Å²) < 4.78 is 6.62. The molecule has 216 valence electrons. The topological polar surface area (TPSA) is 92.6 Å². The number of unbranched alkanes of at least 4 members (excludes halogenated alkanes) is 2. The van der Waals surface area contributed by atoms with Gasteiger partial charge in [-0.15, -0.1) is 10.2 Å². The van der Waals surface area contributed by atoms with Crippen molar-refractivity contribution in [1.82, 2.24) is 10.2 Å². The summed E-state index contributed by atoms with van der Waals surface area (Å²) in [6.07, 6.45) is 3.07. The monoisotopic (exact) mass is 619 g/mol. The number of aromatic nitrogens is 2. The van der Waals surface area contributed by atoms with Crippen LogP contribution in [-0.2, 0) is 15.3 Å². The molecule has 0 spiro atoms. The zero-order chi connectivity index (χ0) is 29.6. The highest BCUT2D eigenvalue weighted by molar-refractivity contribution is 8.00. The molecule has 3 aromatic carbocycles. The minimum atomic E-state index is -0.910. The van der Waals surface area contributed by atoms with Crippen LogP contribution in [0, 0.1) is 6.92 Å². The van der Waals surface area contributed by atoms with Gasteiger partial charge in [0.25, 0.3) is 5.78 Å². The van der Waals surface area contributed by atoms with Crippen LogP contribution < -0.4 is 9.64 Å². The molecule has 1 aliphatic heterocycles. The number of amides is 1. The summed E-state index contributed by atoms with van der Waals surface area (Å²) in [7, 11) is 0. The third kappa shape index (κ3) is 6.69. The number of aliphatic hydroxyl groups is 1. The summed E-state index contributed by atoms with van der Waals surface area (Å²) in [5, 5.41) is 20.9. The van der Waals surface area contributed by atoms with Crippen LogP contribution in [0.25, 0.3) is 5.76 Å². The third-order valence-electron chi connectivity index (χ3n) is 6.84. The Kier molecular flexibility index (Phi) is 9.62. The van der Waals surface area contributed by atoms with Gasteiger partial charge < -0.3 is 9.84 Å². The van der Waals surface area contributed by atoms with Crippen LogP contribution in [0.3, 0.4) is 0 Å². The lowest BCUT2D eigenvalue weighted by atomic mass is 9.95. The van der Waals surface area contributed by atoms with E-state index in [1.54, 1.807) is 12.1 Å². The predicted octanol–water partition coefficient (Wildman–Crippen LogP) is 7.99. The molecule has 1 saturated heterocycles. The molecule has 1 unspecified atom stereocenters. The second-order valence-electron chi connectivity index (χ2n) is 9.93. The molecular weight excluding hydrogens is 590 g/mol. The lowest BCUT2D eigenvalue weighted by molar-refractivity contribution is -0.132. The van der Waals surface area contributed by atoms with Gasteiger partial charge in [0.2, 0.25) is 5.13 Å². The molecule has 1 aliphatic rings. The van der Waals surface area contributed by atoms with E-state index in [0.717, 1.165) is 30.4 Å². The predicted molar refractivity (Wildman–Crippen MR) is 168 cm³/mol. The number of nitrogens with zero attached hydrogens (tertiary/aromatic N) is 3. The van der Waals surface area contributed by atoms with E-state index in [-0.39, 0.29) is 16.5 Å². The summed E-state index contributed by atoms with van der Waals surface area (Å²) in [6.45, 7) is 4.63. The maximum absolute atomic E-state index is 13.6. The molecule has 1 amide bonds. The number of hydrogen-bond donors (Lipinski definition) is 1. The molecule has 0 bridgehead atoms. The third-order valence-corrected chi connectivity index (χ3v) is 9.22. The number of hydrogen-bond acceptors (Lipinski definition) is 8. The number of halogens is 1. The maximum Gasteiger partial charge on any atom is 0.301 e. The van der Waals surface area contributed by atoms with Crippen molar-refractivity contribution < 1.29 is 19.4 Å². The van der Waals surface area contributed by atoms with Gasteiger partial charge in [-0.2, -0.15) is 0 Å². The lowest BCUT2D eigenvalue weighted by Crippen LogP contribution is -2.29.